The molecule has 0 amide bonds. The van der Waals surface area contributed by atoms with Crippen molar-refractivity contribution < 1.29 is 64.9 Å². The lowest BCUT2D eigenvalue weighted by Crippen LogP contribution is -2.67. The van der Waals surface area contributed by atoms with E-state index in [1.54, 1.807) is 0 Å². The quantitative estimate of drug-likeness (QED) is 0.145. The third-order valence-corrected chi connectivity index (χ3v) is 16.7. The standard InChI is InChI=1S/C42H72O13/c1-21(2)10-9-14-42(8,55-37-35(51)33(49)31(47)25(54-37)20-52-36-34(50)32(48)30(46)24(19-43)53-36)22-11-16-41(7)29(22)23(44)18-27-39(5)15-13-28(45)38(3,4)26(39)12-17-40(27,41)6/h10,22-37,43-51H,9,11-20H2,1-8H3/t22?,23-,24?,25?,26?,27?,28+,29?,30?,31?,32?,33?,34?,35?,36?,37?,39+,40-,41-,42+/m1/s1. The first-order valence-corrected chi connectivity index (χ1v) is 20.9. The van der Waals surface area contributed by atoms with E-state index < -0.39 is 86.3 Å². The van der Waals surface area contributed by atoms with Crippen LogP contribution in [-0.2, 0) is 18.9 Å². The molecule has 0 radical (unpaired) electrons. The van der Waals surface area contributed by atoms with Gasteiger partial charge in [-0.15, -0.1) is 0 Å². The second-order valence-electron chi connectivity index (χ2n) is 20.1. The van der Waals surface area contributed by atoms with Crippen LogP contribution in [0.1, 0.15) is 113 Å². The molecule has 14 unspecified atom stereocenters. The summed E-state index contributed by atoms with van der Waals surface area (Å²) in [5.74, 6) is 0.389. The van der Waals surface area contributed by atoms with Crippen LogP contribution >= 0.6 is 0 Å². The van der Waals surface area contributed by atoms with E-state index in [2.05, 4.69) is 40.7 Å². The van der Waals surface area contributed by atoms with Crippen LogP contribution in [-0.4, -0.2) is 138 Å². The van der Waals surface area contributed by atoms with Crippen molar-refractivity contribution >= 4 is 0 Å². The van der Waals surface area contributed by atoms with Gasteiger partial charge in [-0.1, -0.05) is 46.3 Å². The molecule has 318 valence electrons. The average molecular weight is 785 g/mol. The minimum absolute atomic E-state index is 0.0181. The van der Waals surface area contributed by atoms with E-state index in [1.165, 1.54) is 0 Å². The fourth-order valence-electron chi connectivity index (χ4n) is 13.2. The van der Waals surface area contributed by atoms with Crippen LogP contribution in [0.3, 0.4) is 0 Å². The molecule has 55 heavy (non-hydrogen) atoms. The maximum atomic E-state index is 12.4. The number of hydrogen-bond acceptors (Lipinski definition) is 13. The largest absolute Gasteiger partial charge is 0.394 e. The van der Waals surface area contributed by atoms with E-state index in [0.29, 0.717) is 25.2 Å². The lowest BCUT2D eigenvalue weighted by atomic mass is 9.35. The number of hydrogen-bond donors (Lipinski definition) is 9. The molecule has 0 bridgehead atoms. The van der Waals surface area contributed by atoms with Gasteiger partial charge in [0, 0.05) is 0 Å². The molecule has 6 rings (SSSR count). The van der Waals surface area contributed by atoms with Crippen LogP contribution in [0, 0.1) is 45.3 Å². The van der Waals surface area contributed by atoms with Crippen molar-refractivity contribution in [1.29, 1.82) is 0 Å². The van der Waals surface area contributed by atoms with Crippen LogP contribution in [0.15, 0.2) is 11.6 Å². The summed E-state index contributed by atoms with van der Waals surface area (Å²) < 4.78 is 24.2. The smallest absolute Gasteiger partial charge is 0.187 e. The number of allylic oxidation sites excluding steroid dienone is 2. The van der Waals surface area contributed by atoms with Gasteiger partial charge in [-0.2, -0.15) is 0 Å². The Morgan fingerprint density at radius 3 is 1.96 bits per heavy atom. The molecule has 0 aromatic heterocycles. The van der Waals surface area contributed by atoms with Crippen molar-refractivity contribution in [3.05, 3.63) is 11.6 Å². The van der Waals surface area contributed by atoms with Gasteiger partial charge in [0.05, 0.1) is 31.0 Å². The lowest BCUT2D eigenvalue weighted by molar-refractivity contribution is -0.349. The molecule has 0 aromatic rings. The molecule has 6 fully saturated rings. The summed E-state index contributed by atoms with van der Waals surface area (Å²) in [6, 6.07) is 0. The lowest BCUT2D eigenvalue weighted by Gasteiger charge is -2.70. The summed E-state index contributed by atoms with van der Waals surface area (Å²) in [4.78, 5) is 0. The third kappa shape index (κ3) is 7.20. The predicted octanol–water partition coefficient (Wildman–Crippen LogP) is 2.15. The fourth-order valence-corrected chi connectivity index (χ4v) is 13.2. The summed E-state index contributed by atoms with van der Waals surface area (Å²) in [7, 11) is 0. The molecule has 0 aromatic carbocycles. The van der Waals surface area contributed by atoms with Gasteiger partial charge in [0.15, 0.2) is 12.6 Å². The summed E-state index contributed by atoms with van der Waals surface area (Å²) in [6.07, 6.45) is -6.62. The van der Waals surface area contributed by atoms with Gasteiger partial charge in [-0.25, -0.2) is 0 Å². The van der Waals surface area contributed by atoms with Gasteiger partial charge in [-0.3, -0.25) is 0 Å². The average Bonchev–Trinajstić information content (AvgIpc) is 3.51. The first kappa shape index (κ1) is 43.8. The van der Waals surface area contributed by atoms with Gasteiger partial charge in [0.1, 0.15) is 48.8 Å². The van der Waals surface area contributed by atoms with E-state index >= 15 is 0 Å². The SMILES string of the molecule is CC(C)=CCC[C@](C)(OC1OC(COC2OC(CO)C(O)C(O)C2O)C(O)C(O)C1O)C1CC[C@]2(C)C1[C@H](O)CC1[C@@]3(C)CC[C@H](O)C(C)(C)C3CC[C@]12C. The molecular weight excluding hydrogens is 712 g/mol. The number of fused-ring (bicyclic) bond motifs is 5. The highest BCUT2D eigenvalue weighted by atomic mass is 16.7. The fraction of sp³-hybridized carbons (Fsp3) is 0.952. The van der Waals surface area contributed by atoms with E-state index in [4.69, 9.17) is 18.9 Å². The maximum absolute atomic E-state index is 12.4. The molecule has 2 aliphatic heterocycles. The molecule has 13 heteroatoms. The Bertz CT molecular complexity index is 1370. The number of ether oxygens (including phenoxy) is 4. The van der Waals surface area contributed by atoms with Crippen LogP contribution in [0.25, 0.3) is 0 Å². The third-order valence-electron chi connectivity index (χ3n) is 16.7. The maximum Gasteiger partial charge on any atom is 0.187 e. The van der Waals surface area contributed by atoms with Gasteiger partial charge < -0.3 is 64.9 Å². The molecule has 13 nitrogen and oxygen atoms in total. The summed E-state index contributed by atoms with van der Waals surface area (Å²) >= 11 is 0. The molecule has 20 atom stereocenters. The summed E-state index contributed by atoms with van der Waals surface area (Å²) in [5.41, 5.74) is -0.301. The Morgan fingerprint density at radius 2 is 1.33 bits per heavy atom. The second kappa shape index (κ2) is 15.7. The first-order valence-electron chi connectivity index (χ1n) is 20.9. The predicted molar refractivity (Wildman–Crippen MR) is 201 cm³/mol. The van der Waals surface area contributed by atoms with Gasteiger partial charge in [-0.05, 0) is 124 Å². The van der Waals surface area contributed by atoms with Crippen molar-refractivity contribution in [2.75, 3.05) is 13.2 Å². The molecule has 9 N–H and O–H groups in total. The minimum atomic E-state index is -1.67. The molecule has 6 aliphatic rings. The molecule has 4 aliphatic carbocycles. The monoisotopic (exact) mass is 784 g/mol. The zero-order chi connectivity index (χ0) is 40.6. The van der Waals surface area contributed by atoms with Gasteiger partial charge in [0.25, 0.3) is 0 Å². The van der Waals surface area contributed by atoms with Crippen LogP contribution in [0.2, 0.25) is 0 Å². The Labute approximate surface area is 327 Å². The molecular formula is C42H72O13. The molecule has 2 heterocycles. The summed E-state index contributed by atoms with van der Waals surface area (Å²) in [6.45, 7) is 16.7. The van der Waals surface area contributed by atoms with Crippen LogP contribution < -0.4 is 0 Å². The normalized spacial score (nSPS) is 52.0. The first-order chi connectivity index (χ1) is 25.6. The van der Waals surface area contributed by atoms with E-state index in [9.17, 15) is 46.0 Å². The van der Waals surface area contributed by atoms with E-state index in [-0.39, 0.29) is 45.5 Å². The van der Waals surface area contributed by atoms with Crippen molar-refractivity contribution in [2.45, 2.75) is 192 Å². The van der Waals surface area contributed by atoms with Gasteiger partial charge >= 0.3 is 0 Å². The van der Waals surface area contributed by atoms with Crippen molar-refractivity contribution in [3.8, 4) is 0 Å². The number of aliphatic hydroxyl groups excluding tert-OH is 9. The summed E-state index contributed by atoms with van der Waals surface area (Å²) in [5, 5.41) is 97.4. The zero-order valence-corrected chi connectivity index (χ0v) is 34.3. The van der Waals surface area contributed by atoms with Crippen molar-refractivity contribution in [3.63, 3.8) is 0 Å². The highest BCUT2D eigenvalue weighted by molar-refractivity contribution is 5.20. The van der Waals surface area contributed by atoms with Gasteiger partial charge in [0.2, 0.25) is 0 Å². The topological polar surface area (TPSA) is 219 Å². The van der Waals surface area contributed by atoms with E-state index in [1.807, 2.05) is 20.8 Å². The van der Waals surface area contributed by atoms with Crippen LogP contribution in [0.5, 0.6) is 0 Å². The molecule has 2 saturated heterocycles. The Kier molecular flexibility index (Phi) is 12.5. The zero-order valence-electron chi connectivity index (χ0n) is 34.3. The van der Waals surface area contributed by atoms with Crippen LogP contribution in [0.4, 0.5) is 0 Å². The Balaban J connectivity index is 1.25. The molecule has 0 spiro atoms. The minimum Gasteiger partial charge on any atom is -0.394 e. The van der Waals surface area contributed by atoms with Crippen molar-refractivity contribution in [2.24, 2.45) is 45.3 Å². The molecule has 4 saturated carbocycles. The second-order valence-corrected chi connectivity index (χ2v) is 20.1. The Morgan fingerprint density at radius 1 is 0.727 bits per heavy atom. The van der Waals surface area contributed by atoms with E-state index in [0.717, 1.165) is 44.1 Å². The highest BCUT2D eigenvalue weighted by Crippen LogP contribution is 2.76. The number of aliphatic hydroxyl groups is 9. The highest BCUT2D eigenvalue weighted by Gasteiger charge is 2.71. The Hall–Kier alpha value is -0.780. The van der Waals surface area contributed by atoms with Crippen molar-refractivity contribution in [1.82, 2.24) is 0 Å². The number of rotatable bonds is 10.